The van der Waals surface area contributed by atoms with Crippen molar-refractivity contribution in [2.45, 2.75) is 6.42 Å². The lowest BCUT2D eigenvalue weighted by molar-refractivity contribution is 0.0800. The van der Waals surface area contributed by atoms with Gasteiger partial charge in [-0.15, -0.1) is 11.3 Å². The van der Waals surface area contributed by atoms with Crippen LogP contribution in [-0.4, -0.2) is 29.7 Å². The van der Waals surface area contributed by atoms with E-state index in [2.05, 4.69) is 15.9 Å². The van der Waals surface area contributed by atoms with Gasteiger partial charge >= 0.3 is 0 Å². The Hall–Kier alpha value is -0.0600. The first-order valence-corrected chi connectivity index (χ1v) is 6.59. The van der Waals surface area contributed by atoms with Crippen molar-refractivity contribution >= 4 is 44.8 Å². The molecule has 78 valence electrons. The first-order chi connectivity index (χ1) is 6.66. The molecule has 0 aliphatic heterocycles. The van der Waals surface area contributed by atoms with Gasteiger partial charge in [-0.3, -0.25) is 4.79 Å². The highest BCUT2D eigenvalue weighted by molar-refractivity contribution is 9.09. The molecule has 1 heterocycles. The molecule has 2 nitrogen and oxygen atoms in total. The molecule has 0 aromatic carbocycles. The van der Waals surface area contributed by atoms with Crippen LogP contribution in [0.5, 0.6) is 0 Å². The Balaban J connectivity index is 2.61. The Kier molecular flexibility index (Phi) is 4.92. The number of thiophene rings is 1. The van der Waals surface area contributed by atoms with Gasteiger partial charge in [0.05, 0.1) is 5.02 Å². The fourth-order valence-corrected chi connectivity index (χ4v) is 2.40. The molecular formula is C9H11BrClNOS. The molecule has 1 amide bonds. The van der Waals surface area contributed by atoms with Gasteiger partial charge in [0.15, 0.2) is 0 Å². The number of carbonyl (C=O) groups is 1. The number of hydrogen-bond donors (Lipinski definition) is 0. The molecule has 0 aliphatic carbocycles. The summed E-state index contributed by atoms with van der Waals surface area (Å²) in [5, 5.41) is 3.28. The number of rotatable bonds is 4. The minimum absolute atomic E-state index is 0.00551. The van der Waals surface area contributed by atoms with E-state index in [1.54, 1.807) is 18.0 Å². The number of alkyl halides is 1. The van der Waals surface area contributed by atoms with Gasteiger partial charge in [0.1, 0.15) is 4.88 Å². The van der Waals surface area contributed by atoms with Crippen molar-refractivity contribution < 1.29 is 4.79 Å². The SMILES string of the molecule is CN(CCCBr)C(=O)c1sccc1Cl. The van der Waals surface area contributed by atoms with E-state index in [4.69, 9.17) is 11.6 Å². The zero-order valence-corrected chi connectivity index (χ0v) is 11.0. The van der Waals surface area contributed by atoms with Crippen molar-refractivity contribution in [2.75, 3.05) is 18.9 Å². The van der Waals surface area contributed by atoms with Crippen molar-refractivity contribution in [3.05, 3.63) is 21.3 Å². The van der Waals surface area contributed by atoms with Gasteiger partial charge < -0.3 is 4.90 Å². The van der Waals surface area contributed by atoms with E-state index in [9.17, 15) is 4.79 Å². The largest absolute Gasteiger partial charge is 0.341 e. The summed E-state index contributed by atoms with van der Waals surface area (Å²) in [7, 11) is 1.79. The molecule has 0 radical (unpaired) electrons. The minimum atomic E-state index is 0.00551. The highest BCUT2D eigenvalue weighted by atomic mass is 79.9. The number of nitrogens with zero attached hydrogens (tertiary/aromatic N) is 1. The van der Waals surface area contributed by atoms with E-state index in [-0.39, 0.29) is 5.91 Å². The molecule has 0 N–H and O–H groups in total. The van der Waals surface area contributed by atoms with Crippen LogP contribution in [0.3, 0.4) is 0 Å². The Bertz CT molecular complexity index is 316. The van der Waals surface area contributed by atoms with Gasteiger partial charge in [0, 0.05) is 18.9 Å². The maximum atomic E-state index is 11.8. The van der Waals surface area contributed by atoms with Gasteiger partial charge in [-0.25, -0.2) is 0 Å². The Morgan fingerprint density at radius 2 is 2.43 bits per heavy atom. The van der Waals surface area contributed by atoms with Crippen molar-refractivity contribution in [2.24, 2.45) is 0 Å². The van der Waals surface area contributed by atoms with Crippen molar-refractivity contribution in [3.63, 3.8) is 0 Å². The molecular weight excluding hydrogens is 286 g/mol. The first-order valence-electron chi connectivity index (χ1n) is 4.21. The van der Waals surface area contributed by atoms with E-state index in [0.717, 1.165) is 18.3 Å². The molecule has 0 unspecified atom stereocenters. The minimum Gasteiger partial charge on any atom is -0.341 e. The van der Waals surface area contributed by atoms with Gasteiger partial charge in [0.2, 0.25) is 0 Å². The molecule has 0 saturated carbocycles. The number of hydrogen-bond acceptors (Lipinski definition) is 2. The molecule has 0 saturated heterocycles. The Morgan fingerprint density at radius 1 is 1.71 bits per heavy atom. The van der Waals surface area contributed by atoms with Crippen LogP contribution in [0.15, 0.2) is 11.4 Å². The van der Waals surface area contributed by atoms with E-state index < -0.39 is 0 Å². The lowest BCUT2D eigenvalue weighted by Gasteiger charge is -2.15. The summed E-state index contributed by atoms with van der Waals surface area (Å²) < 4.78 is 0. The zero-order chi connectivity index (χ0) is 10.6. The normalized spacial score (nSPS) is 10.2. The summed E-state index contributed by atoms with van der Waals surface area (Å²) in [5.41, 5.74) is 0. The Morgan fingerprint density at radius 3 is 2.93 bits per heavy atom. The van der Waals surface area contributed by atoms with E-state index in [0.29, 0.717) is 9.90 Å². The van der Waals surface area contributed by atoms with Crippen LogP contribution in [0.2, 0.25) is 5.02 Å². The number of carbonyl (C=O) groups excluding carboxylic acids is 1. The predicted molar refractivity (Wildman–Crippen MR) is 64.7 cm³/mol. The second-order valence-corrected chi connectivity index (χ2v) is 4.98. The summed E-state index contributed by atoms with van der Waals surface area (Å²) >= 11 is 10.6. The highest BCUT2D eigenvalue weighted by Crippen LogP contribution is 2.23. The predicted octanol–water partition coefficient (Wildman–Crippen LogP) is 3.26. The summed E-state index contributed by atoms with van der Waals surface area (Å²) in [6, 6.07) is 1.75. The number of halogens is 2. The van der Waals surface area contributed by atoms with Crippen molar-refractivity contribution in [1.82, 2.24) is 4.90 Å². The van der Waals surface area contributed by atoms with Crippen LogP contribution in [0, 0.1) is 0 Å². The molecule has 5 heteroatoms. The van der Waals surface area contributed by atoms with Crippen LogP contribution in [0.1, 0.15) is 16.1 Å². The highest BCUT2D eigenvalue weighted by Gasteiger charge is 2.15. The summed E-state index contributed by atoms with van der Waals surface area (Å²) in [6.07, 6.45) is 0.950. The first kappa shape index (κ1) is 12.0. The molecule has 0 atom stereocenters. The molecule has 0 bridgehead atoms. The molecule has 1 aromatic rings. The van der Waals surface area contributed by atoms with Gasteiger partial charge in [-0.2, -0.15) is 0 Å². The average molecular weight is 297 g/mol. The van der Waals surface area contributed by atoms with Crippen LogP contribution < -0.4 is 0 Å². The van der Waals surface area contributed by atoms with E-state index in [1.165, 1.54) is 11.3 Å². The fourth-order valence-electron chi connectivity index (χ4n) is 1.02. The van der Waals surface area contributed by atoms with Crippen molar-refractivity contribution in [1.29, 1.82) is 0 Å². The quantitative estimate of drug-likeness (QED) is 0.781. The molecule has 0 aliphatic rings. The Labute approximate surface area is 101 Å². The maximum Gasteiger partial charge on any atom is 0.265 e. The fraction of sp³-hybridized carbons (Fsp3) is 0.444. The lowest BCUT2D eigenvalue weighted by atomic mass is 10.4. The van der Waals surface area contributed by atoms with Gasteiger partial charge in [0.25, 0.3) is 5.91 Å². The van der Waals surface area contributed by atoms with E-state index >= 15 is 0 Å². The summed E-state index contributed by atoms with van der Waals surface area (Å²) in [4.78, 5) is 14.1. The topological polar surface area (TPSA) is 20.3 Å². The standard InChI is InChI=1S/C9H11BrClNOS/c1-12(5-2-4-10)9(13)8-7(11)3-6-14-8/h3,6H,2,4-5H2,1H3. The second kappa shape index (κ2) is 5.73. The second-order valence-electron chi connectivity index (χ2n) is 2.87. The molecule has 0 fully saturated rings. The molecule has 0 spiro atoms. The third-order valence-electron chi connectivity index (χ3n) is 1.79. The number of amides is 1. The van der Waals surface area contributed by atoms with Crippen LogP contribution in [-0.2, 0) is 0 Å². The zero-order valence-electron chi connectivity index (χ0n) is 7.80. The van der Waals surface area contributed by atoms with Gasteiger partial charge in [-0.1, -0.05) is 27.5 Å². The lowest BCUT2D eigenvalue weighted by Crippen LogP contribution is -2.27. The maximum absolute atomic E-state index is 11.8. The van der Waals surface area contributed by atoms with E-state index in [1.807, 2.05) is 5.38 Å². The summed E-state index contributed by atoms with van der Waals surface area (Å²) in [6.45, 7) is 0.748. The van der Waals surface area contributed by atoms with Crippen LogP contribution >= 0.6 is 38.9 Å². The average Bonchev–Trinajstić information content (AvgIpc) is 2.59. The third kappa shape index (κ3) is 2.97. The van der Waals surface area contributed by atoms with Crippen molar-refractivity contribution in [3.8, 4) is 0 Å². The summed E-state index contributed by atoms with van der Waals surface area (Å²) in [5.74, 6) is 0.00551. The molecule has 14 heavy (non-hydrogen) atoms. The third-order valence-corrected chi connectivity index (χ3v) is 3.68. The molecule has 1 aromatic heterocycles. The van der Waals surface area contributed by atoms with Crippen LogP contribution in [0.4, 0.5) is 0 Å². The smallest absolute Gasteiger partial charge is 0.265 e. The van der Waals surface area contributed by atoms with Crippen LogP contribution in [0.25, 0.3) is 0 Å². The molecule has 1 rings (SSSR count). The van der Waals surface area contributed by atoms with Gasteiger partial charge in [-0.05, 0) is 17.9 Å². The monoisotopic (exact) mass is 295 g/mol.